The Hall–Kier alpha value is -0.320. The largest absolute Gasteiger partial charge is 0.368 e. The summed E-state index contributed by atoms with van der Waals surface area (Å²) in [7, 11) is 1.67. The van der Waals surface area contributed by atoms with Crippen molar-refractivity contribution in [3.8, 4) is 0 Å². The molecule has 0 spiro atoms. The number of nitrogens with one attached hydrogen (secondary N) is 2. The molecule has 1 saturated carbocycles. The first-order valence-corrected chi connectivity index (χ1v) is 8.14. The molecule has 0 aromatic carbocycles. The fraction of sp³-hybridized carbons (Fsp3) is 0.938. The van der Waals surface area contributed by atoms with E-state index in [0.717, 1.165) is 44.7 Å². The van der Waals surface area contributed by atoms with Gasteiger partial charge < -0.3 is 15.4 Å². The summed E-state index contributed by atoms with van der Waals surface area (Å²) < 4.78 is 5.60. The van der Waals surface area contributed by atoms with Gasteiger partial charge in [-0.25, -0.2) is 0 Å². The molecule has 1 amide bonds. The maximum absolute atomic E-state index is 12.6. The summed E-state index contributed by atoms with van der Waals surface area (Å²) in [6, 6.07) is 0.338. The Balaban J connectivity index is 0.00000220. The standard InChI is InChI=1S/C16H30N2O2.ClH/c1-12(2)13-5-4-6-14(11-13)18-15(19)16(20-3)7-9-17-10-8-16;/h12-14,17H,4-11H2,1-3H3,(H,18,19);1H. The molecule has 124 valence electrons. The van der Waals surface area contributed by atoms with Crippen molar-refractivity contribution in [3.05, 3.63) is 0 Å². The molecular weight excluding hydrogens is 288 g/mol. The molecule has 2 rings (SSSR count). The molecule has 4 nitrogen and oxygen atoms in total. The van der Waals surface area contributed by atoms with Crippen molar-refractivity contribution in [3.63, 3.8) is 0 Å². The Labute approximate surface area is 135 Å². The first-order valence-electron chi connectivity index (χ1n) is 8.14. The zero-order chi connectivity index (χ0) is 14.6. The van der Waals surface area contributed by atoms with Crippen LogP contribution in [0.2, 0.25) is 0 Å². The van der Waals surface area contributed by atoms with Crippen molar-refractivity contribution in [2.24, 2.45) is 11.8 Å². The van der Waals surface area contributed by atoms with Gasteiger partial charge in [0.25, 0.3) is 5.91 Å². The van der Waals surface area contributed by atoms with Crippen LogP contribution in [0.15, 0.2) is 0 Å². The Morgan fingerprint density at radius 1 is 1.29 bits per heavy atom. The number of rotatable bonds is 4. The monoisotopic (exact) mass is 318 g/mol. The summed E-state index contributed by atoms with van der Waals surface area (Å²) in [5.41, 5.74) is -0.601. The third kappa shape index (κ3) is 4.57. The van der Waals surface area contributed by atoms with Gasteiger partial charge in [0.15, 0.2) is 0 Å². The zero-order valence-corrected chi connectivity index (χ0v) is 14.4. The van der Waals surface area contributed by atoms with Gasteiger partial charge in [0.1, 0.15) is 5.60 Å². The maximum atomic E-state index is 12.6. The van der Waals surface area contributed by atoms with Crippen molar-refractivity contribution in [1.82, 2.24) is 10.6 Å². The molecule has 1 aliphatic heterocycles. The molecule has 0 bridgehead atoms. The summed E-state index contributed by atoms with van der Waals surface area (Å²) in [5, 5.41) is 6.57. The lowest BCUT2D eigenvalue weighted by molar-refractivity contribution is -0.147. The summed E-state index contributed by atoms with van der Waals surface area (Å²) in [4.78, 5) is 12.6. The molecule has 2 aliphatic rings. The van der Waals surface area contributed by atoms with E-state index in [0.29, 0.717) is 12.0 Å². The molecule has 1 heterocycles. The van der Waals surface area contributed by atoms with E-state index in [9.17, 15) is 4.79 Å². The minimum atomic E-state index is -0.601. The highest BCUT2D eigenvalue weighted by molar-refractivity contribution is 5.86. The third-order valence-corrected chi connectivity index (χ3v) is 5.21. The fourth-order valence-electron chi connectivity index (χ4n) is 3.64. The predicted octanol–water partition coefficient (Wildman–Crippen LogP) is 2.51. The number of carbonyl (C=O) groups excluding carboxylic acids is 1. The van der Waals surface area contributed by atoms with Gasteiger partial charge in [-0.05, 0) is 50.6 Å². The van der Waals surface area contributed by atoms with E-state index in [1.807, 2.05) is 0 Å². The van der Waals surface area contributed by atoms with Crippen LogP contribution in [0.5, 0.6) is 0 Å². The molecule has 0 radical (unpaired) electrons. The van der Waals surface area contributed by atoms with Crippen LogP contribution in [0, 0.1) is 11.8 Å². The summed E-state index contributed by atoms with van der Waals surface area (Å²) >= 11 is 0. The van der Waals surface area contributed by atoms with Crippen molar-refractivity contribution in [2.75, 3.05) is 20.2 Å². The molecule has 1 aliphatic carbocycles. The van der Waals surface area contributed by atoms with Gasteiger partial charge >= 0.3 is 0 Å². The van der Waals surface area contributed by atoms with Crippen LogP contribution in [0.4, 0.5) is 0 Å². The van der Waals surface area contributed by atoms with Gasteiger partial charge in [-0.3, -0.25) is 4.79 Å². The van der Waals surface area contributed by atoms with E-state index in [2.05, 4.69) is 24.5 Å². The first-order chi connectivity index (χ1) is 9.57. The van der Waals surface area contributed by atoms with E-state index in [1.165, 1.54) is 12.8 Å². The van der Waals surface area contributed by atoms with Gasteiger partial charge in [0, 0.05) is 13.2 Å². The number of amides is 1. The minimum absolute atomic E-state index is 0. The van der Waals surface area contributed by atoms with E-state index in [-0.39, 0.29) is 18.3 Å². The maximum Gasteiger partial charge on any atom is 0.252 e. The van der Waals surface area contributed by atoms with Crippen LogP contribution in [0.25, 0.3) is 0 Å². The van der Waals surface area contributed by atoms with Crippen LogP contribution < -0.4 is 10.6 Å². The highest BCUT2D eigenvalue weighted by Crippen LogP contribution is 2.31. The van der Waals surface area contributed by atoms with Gasteiger partial charge in [-0.1, -0.05) is 26.7 Å². The van der Waals surface area contributed by atoms with Crippen LogP contribution >= 0.6 is 12.4 Å². The quantitative estimate of drug-likeness (QED) is 0.837. The summed E-state index contributed by atoms with van der Waals surface area (Å²) in [5.74, 6) is 1.57. The number of carbonyl (C=O) groups is 1. The second kappa shape index (κ2) is 8.35. The summed E-state index contributed by atoms with van der Waals surface area (Å²) in [6.07, 6.45) is 6.33. The molecule has 0 aromatic rings. The molecule has 2 fully saturated rings. The molecule has 21 heavy (non-hydrogen) atoms. The normalized spacial score (nSPS) is 28.8. The molecule has 1 saturated heterocycles. The number of hydrogen-bond donors (Lipinski definition) is 2. The Kier molecular flexibility index (Phi) is 7.45. The molecule has 5 heteroatoms. The van der Waals surface area contributed by atoms with Crippen LogP contribution in [-0.4, -0.2) is 37.7 Å². The topological polar surface area (TPSA) is 50.4 Å². The summed E-state index contributed by atoms with van der Waals surface area (Å²) in [6.45, 7) is 6.30. The lowest BCUT2D eigenvalue weighted by atomic mass is 9.79. The molecule has 2 atom stereocenters. The van der Waals surface area contributed by atoms with Crippen molar-refractivity contribution in [1.29, 1.82) is 0 Å². The third-order valence-electron chi connectivity index (χ3n) is 5.21. The van der Waals surface area contributed by atoms with Crippen molar-refractivity contribution in [2.45, 2.75) is 64.0 Å². The second-order valence-electron chi connectivity index (χ2n) is 6.79. The van der Waals surface area contributed by atoms with Gasteiger partial charge in [-0.15, -0.1) is 12.4 Å². The SMILES string of the molecule is COC1(C(=O)NC2CCCC(C(C)C)C2)CCNCC1.Cl. The fourth-order valence-corrected chi connectivity index (χ4v) is 3.64. The minimum Gasteiger partial charge on any atom is -0.368 e. The Morgan fingerprint density at radius 3 is 2.52 bits per heavy atom. The molecule has 2 N–H and O–H groups in total. The number of hydrogen-bond acceptors (Lipinski definition) is 3. The van der Waals surface area contributed by atoms with E-state index in [1.54, 1.807) is 7.11 Å². The lowest BCUT2D eigenvalue weighted by Crippen LogP contribution is -2.56. The first kappa shape index (κ1) is 18.7. The Morgan fingerprint density at radius 2 is 1.95 bits per heavy atom. The molecule has 0 aromatic heterocycles. The van der Waals surface area contributed by atoms with Crippen LogP contribution in [0.3, 0.4) is 0 Å². The number of ether oxygens (including phenoxy) is 1. The van der Waals surface area contributed by atoms with E-state index >= 15 is 0 Å². The zero-order valence-electron chi connectivity index (χ0n) is 13.6. The highest BCUT2D eigenvalue weighted by atomic mass is 35.5. The molecule has 2 unspecified atom stereocenters. The van der Waals surface area contributed by atoms with Gasteiger partial charge in [0.05, 0.1) is 0 Å². The number of methoxy groups -OCH3 is 1. The molecular formula is C16H31ClN2O2. The number of halogens is 1. The van der Waals surface area contributed by atoms with Gasteiger partial charge in [-0.2, -0.15) is 0 Å². The van der Waals surface area contributed by atoms with Crippen LogP contribution in [0.1, 0.15) is 52.4 Å². The highest BCUT2D eigenvalue weighted by Gasteiger charge is 2.40. The van der Waals surface area contributed by atoms with Crippen LogP contribution in [-0.2, 0) is 9.53 Å². The lowest BCUT2D eigenvalue weighted by Gasteiger charge is -2.38. The number of piperidine rings is 1. The van der Waals surface area contributed by atoms with E-state index in [4.69, 9.17) is 4.74 Å². The van der Waals surface area contributed by atoms with Crippen molar-refractivity contribution < 1.29 is 9.53 Å². The Bertz CT molecular complexity index is 330. The van der Waals surface area contributed by atoms with E-state index < -0.39 is 5.60 Å². The average molecular weight is 319 g/mol. The van der Waals surface area contributed by atoms with Crippen molar-refractivity contribution >= 4 is 18.3 Å². The second-order valence-corrected chi connectivity index (χ2v) is 6.79. The van der Waals surface area contributed by atoms with Gasteiger partial charge in [0.2, 0.25) is 0 Å². The smallest absolute Gasteiger partial charge is 0.252 e. The predicted molar refractivity (Wildman–Crippen MR) is 87.8 cm³/mol. The average Bonchev–Trinajstić information content (AvgIpc) is 2.48.